The summed E-state index contributed by atoms with van der Waals surface area (Å²) < 4.78 is 10.5. The molecule has 2 rings (SSSR count). The molecule has 0 heterocycles. The molecule has 0 bridgehead atoms. The van der Waals surface area contributed by atoms with Crippen LogP contribution in [0, 0.1) is 0 Å². The van der Waals surface area contributed by atoms with Gasteiger partial charge in [0.2, 0.25) is 0 Å². The molecule has 2 aromatic rings. The number of hydrogen-bond acceptors (Lipinski definition) is 4. The largest absolute Gasteiger partial charge is 0.493 e. The van der Waals surface area contributed by atoms with Gasteiger partial charge < -0.3 is 14.8 Å². The fourth-order valence-corrected chi connectivity index (χ4v) is 2.59. The molecule has 0 aromatic heterocycles. The third kappa shape index (κ3) is 7.06. The Labute approximate surface area is 174 Å². The molecular formula is C21H23Cl2NO4. The number of carbonyl (C=O) groups excluding carboxylic acids is 2. The molecule has 0 aliphatic rings. The molecule has 1 amide bonds. The number of rotatable bonds is 7. The van der Waals surface area contributed by atoms with Crippen LogP contribution in [0.15, 0.2) is 42.5 Å². The first-order valence-electron chi connectivity index (χ1n) is 8.79. The van der Waals surface area contributed by atoms with E-state index in [1.54, 1.807) is 12.1 Å². The summed E-state index contributed by atoms with van der Waals surface area (Å²) >= 11 is 11.7. The van der Waals surface area contributed by atoms with Gasteiger partial charge in [-0.1, -0.05) is 56.1 Å². The van der Waals surface area contributed by atoms with Gasteiger partial charge in [0.1, 0.15) is 5.75 Å². The third-order valence-electron chi connectivity index (χ3n) is 3.86. The highest BCUT2D eigenvalue weighted by molar-refractivity contribution is 6.42. The van der Waals surface area contributed by atoms with Gasteiger partial charge in [-0.15, -0.1) is 0 Å². The van der Waals surface area contributed by atoms with Crippen LogP contribution >= 0.6 is 23.2 Å². The van der Waals surface area contributed by atoms with Gasteiger partial charge in [0.05, 0.1) is 23.1 Å². The Bertz CT molecular complexity index is 829. The summed E-state index contributed by atoms with van der Waals surface area (Å²) in [5, 5.41) is 3.29. The quantitative estimate of drug-likeness (QED) is 0.618. The van der Waals surface area contributed by atoms with Gasteiger partial charge in [-0.2, -0.15) is 0 Å². The first kappa shape index (κ1) is 22.1. The van der Waals surface area contributed by atoms with E-state index in [4.69, 9.17) is 32.7 Å². The van der Waals surface area contributed by atoms with E-state index < -0.39 is 11.9 Å². The van der Waals surface area contributed by atoms with Gasteiger partial charge in [0, 0.05) is 5.69 Å². The Morgan fingerprint density at radius 1 is 1.00 bits per heavy atom. The lowest BCUT2D eigenvalue weighted by Gasteiger charge is -2.19. The maximum Gasteiger partial charge on any atom is 0.309 e. The van der Waals surface area contributed by atoms with Crippen LogP contribution in [0.5, 0.6) is 5.75 Å². The van der Waals surface area contributed by atoms with Crippen molar-refractivity contribution in [2.75, 3.05) is 18.5 Å². The standard InChI is InChI=1S/C21H23Cl2NO4/c1-21(2,3)14-4-7-16(8-5-14)27-11-10-20(26)28-13-19(25)24-15-6-9-17(22)18(23)12-15/h4-9,12H,10-11,13H2,1-3H3,(H,24,25). The minimum Gasteiger partial charge on any atom is -0.493 e. The summed E-state index contributed by atoms with van der Waals surface area (Å²) in [5.41, 5.74) is 1.74. The van der Waals surface area contributed by atoms with Gasteiger partial charge in [-0.3, -0.25) is 9.59 Å². The van der Waals surface area contributed by atoms with Crippen molar-refractivity contribution in [1.29, 1.82) is 0 Å². The van der Waals surface area contributed by atoms with Gasteiger partial charge in [0.15, 0.2) is 6.61 Å². The van der Waals surface area contributed by atoms with Crippen molar-refractivity contribution in [1.82, 2.24) is 0 Å². The molecule has 0 saturated heterocycles. The maximum atomic E-state index is 11.8. The number of halogens is 2. The molecule has 0 atom stereocenters. The topological polar surface area (TPSA) is 64.6 Å². The molecule has 0 aliphatic carbocycles. The van der Waals surface area contributed by atoms with Crippen LogP contribution in [0.1, 0.15) is 32.8 Å². The first-order chi connectivity index (χ1) is 13.1. The van der Waals surface area contributed by atoms with E-state index in [2.05, 4.69) is 26.1 Å². The van der Waals surface area contributed by atoms with E-state index in [-0.39, 0.29) is 25.0 Å². The molecule has 7 heteroatoms. The van der Waals surface area contributed by atoms with Gasteiger partial charge in [0.25, 0.3) is 5.91 Å². The van der Waals surface area contributed by atoms with Gasteiger partial charge in [-0.05, 0) is 41.3 Å². The molecular weight excluding hydrogens is 401 g/mol. The van der Waals surface area contributed by atoms with Crippen LogP contribution in [0.25, 0.3) is 0 Å². The van der Waals surface area contributed by atoms with Crippen molar-refractivity contribution in [2.45, 2.75) is 32.6 Å². The van der Waals surface area contributed by atoms with E-state index >= 15 is 0 Å². The van der Waals surface area contributed by atoms with Crippen molar-refractivity contribution in [3.63, 3.8) is 0 Å². The molecule has 0 aliphatic heterocycles. The zero-order chi connectivity index (χ0) is 20.7. The Kier molecular flexibility index (Phi) is 7.72. The van der Waals surface area contributed by atoms with Crippen LogP contribution in [0.4, 0.5) is 5.69 Å². The molecule has 0 radical (unpaired) electrons. The zero-order valence-electron chi connectivity index (χ0n) is 16.1. The number of amides is 1. The van der Waals surface area contributed by atoms with Crippen LogP contribution < -0.4 is 10.1 Å². The second-order valence-corrected chi connectivity index (χ2v) is 8.02. The van der Waals surface area contributed by atoms with E-state index in [1.165, 1.54) is 11.6 Å². The van der Waals surface area contributed by atoms with Crippen LogP contribution in [0.2, 0.25) is 10.0 Å². The molecule has 2 aromatic carbocycles. The van der Waals surface area contributed by atoms with Gasteiger partial charge >= 0.3 is 5.97 Å². The predicted molar refractivity (Wildman–Crippen MR) is 111 cm³/mol. The van der Waals surface area contributed by atoms with E-state index in [0.29, 0.717) is 21.5 Å². The molecule has 150 valence electrons. The lowest BCUT2D eigenvalue weighted by Crippen LogP contribution is -2.21. The monoisotopic (exact) mass is 423 g/mol. The smallest absolute Gasteiger partial charge is 0.309 e. The molecule has 5 nitrogen and oxygen atoms in total. The third-order valence-corrected chi connectivity index (χ3v) is 4.60. The minimum absolute atomic E-state index is 0.0427. The van der Waals surface area contributed by atoms with E-state index in [1.807, 2.05) is 24.3 Å². The first-order valence-corrected chi connectivity index (χ1v) is 9.54. The maximum absolute atomic E-state index is 11.8. The molecule has 1 N–H and O–H groups in total. The lowest BCUT2D eigenvalue weighted by molar-refractivity contribution is -0.147. The van der Waals surface area contributed by atoms with Crippen molar-refractivity contribution in [3.05, 3.63) is 58.1 Å². The number of esters is 1. The highest BCUT2D eigenvalue weighted by atomic mass is 35.5. The SMILES string of the molecule is CC(C)(C)c1ccc(OCCC(=O)OCC(=O)Nc2ccc(Cl)c(Cl)c2)cc1. The predicted octanol–water partition coefficient (Wildman–Crippen LogP) is 5.24. The molecule has 0 spiro atoms. The minimum atomic E-state index is -0.518. The Hall–Kier alpha value is -2.24. The summed E-state index contributed by atoms with van der Waals surface area (Å²) in [6, 6.07) is 12.4. The molecule has 0 unspecified atom stereocenters. The fraction of sp³-hybridized carbons (Fsp3) is 0.333. The highest BCUT2D eigenvalue weighted by Crippen LogP contribution is 2.25. The molecule has 0 saturated carbocycles. The number of anilines is 1. The zero-order valence-corrected chi connectivity index (χ0v) is 17.6. The van der Waals surface area contributed by atoms with Crippen molar-refractivity contribution < 1.29 is 19.1 Å². The second-order valence-electron chi connectivity index (χ2n) is 7.21. The number of benzene rings is 2. The Balaban J connectivity index is 1.69. The van der Waals surface area contributed by atoms with Crippen molar-refractivity contribution in [3.8, 4) is 5.75 Å². The summed E-state index contributed by atoms with van der Waals surface area (Å²) in [6.45, 7) is 6.19. The fourth-order valence-electron chi connectivity index (χ4n) is 2.29. The summed E-state index contributed by atoms with van der Waals surface area (Å²) in [6.07, 6.45) is 0.0427. The van der Waals surface area contributed by atoms with Crippen LogP contribution in [-0.4, -0.2) is 25.1 Å². The number of ether oxygens (including phenoxy) is 2. The molecule has 0 fully saturated rings. The highest BCUT2D eigenvalue weighted by Gasteiger charge is 2.13. The Morgan fingerprint density at radius 3 is 2.29 bits per heavy atom. The normalized spacial score (nSPS) is 11.0. The summed E-state index contributed by atoms with van der Waals surface area (Å²) in [7, 11) is 0. The average molecular weight is 424 g/mol. The lowest BCUT2D eigenvalue weighted by atomic mass is 9.87. The van der Waals surface area contributed by atoms with Crippen LogP contribution in [0.3, 0.4) is 0 Å². The summed E-state index contributed by atoms with van der Waals surface area (Å²) in [4.78, 5) is 23.6. The number of hydrogen-bond donors (Lipinski definition) is 1. The Morgan fingerprint density at radius 2 is 1.68 bits per heavy atom. The molecule has 28 heavy (non-hydrogen) atoms. The van der Waals surface area contributed by atoms with Crippen molar-refractivity contribution >= 4 is 40.8 Å². The van der Waals surface area contributed by atoms with E-state index in [0.717, 1.165) is 0 Å². The number of carbonyl (C=O) groups is 2. The van der Waals surface area contributed by atoms with Gasteiger partial charge in [-0.25, -0.2) is 0 Å². The van der Waals surface area contributed by atoms with E-state index in [9.17, 15) is 9.59 Å². The average Bonchev–Trinajstić information content (AvgIpc) is 2.63. The van der Waals surface area contributed by atoms with Crippen LogP contribution in [-0.2, 0) is 19.7 Å². The van der Waals surface area contributed by atoms with Crippen molar-refractivity contribution in [2.24, 2.45) is 0 Å². The second kappa shape index (κ2) is 9.80. The number of nitrogens with one attached hydrogen (secondary N) is 1. The summed E-state index contributed by atoms with van der Waals surface area (Å²) in [5.74, 6) is -0.306.